The molecule has 0 amide bonds. The number of hydrogen-bond donors (Lipinski definition) is 0. The number of aryl methyl sites for hydroxylation is 2. The molecule has 0 aromatic heterocycles. The summed E-state index contributed by atoms with van der Waals surface area (Å²) in [5.41, 5.74) is 3.71. The predicted molar refractivity (Wildman–Crippen MR) is 40.4 cm³/mol. The minimum Gasteiger partial charge on any atom is -0.0617 e. The van der Waals surface area contributed by atoms with Gasteiger partial charge < -0.3 is 0 Å². The zero-order valence-corrected chi connectivity index (χ0v) is 5.94. The molecule has 9 heavy (non-hydrogen) atoms. The molecule has 0 N–H and O–H groups in total. The highest BCUT2D eigenvalue weighted by atomic mass is 14.0. The first-order valence-corrected chi connectivity index (χ1v) is 3.10. The third-order valence-corrected chi connectivity index (χ3v) is 1.64. The van der Waals surface area contributed by atoms with Crippen molar-refractivity contribution in [3.63, 3.8) is 0 Å². The van der Waals surface area contributed by atoms with Crippen LogP contribution in [0.4, 0.5) is 0 Å². The van der Waals surface area contributed by atoms with Gasteiger partial charge in [0.1, 0.15) is 0 Å². The molecule has 0 heteroatoms. The van der Waals surface area contributed by atoms with Gasteiger partial charge in [-0.2, -0.15) is 0 Å². The molecule has 0 aliphatic rings. The molecule has 0 aliphatic carbocycles. The lowest BCUT2D eigenvalue weighted by Gasteiger charge is -2.00. The van der Waals surface area contributed by atoms with E-state index in [0.29, 0.717) is 0 Å². The predicted octanol–water partition coefficient (Wildman–Crippen LogP) is 2.49. The Hall–Kier alpha value is -0.780. The molecule has 47 valence electrons. The van der Waals surface area contributed by atoms with Crippen molar-refractivity contribution in [2.24, 2.45) is 0 Å². The first-order valence-electron chi connectivity index (χ1n) is 3.10. The van der Waals surface area contributed by atoms with Crippen LogP contribution in [0.15, 0.2) is 18.2 Å². The van der Waals surface area contributed by atoms with Crippen LogP contribution in [0.1, 0.15) is 16.7 Å². The standard InChI is InChI=1S/C9H11/c1-7-5-4-6-8(2)9(7)3/h4-6H,3H2,1-2H3. The van der Waals surface area contributed by atoms with Gasteiger partial charge in [-0.05, 0) is 37.5 Å². The van der Waals surface area contributed by atoms with Gasteiger partial charge in [0.05, 0.1) is 0 Å². The van der Waals surface area contributed by atoms with Crippen LogP contribution in [0, 0.1) is 20.8 Å². The topological polar surface area (TPSA) is 0 Å². The van der Waals surface area contributed by atoms with E-state index in [2.05, 4.69) is 39.0 Å². The van der Waals surface area contributed by atoms with E-state index in [1.165, 1.54) is 11.1 Å². The van der Waals surface area contributed by atoms with E-state index in [-0.39, 0.29) is 0 Å². The second-order valence-electron chi connectivity index (χ2n) is 2.37. The lowest BCUT2D eigenvalue weighted by Crippen LogP contribution is -1.82. The first-order chi connectivity index (χ1) is 4.22. The summed E-state index contributed by atoms with van der Waals surface area (Å²) in [6.07, 6.45) is 0. The largest absolute Gasteiger partial charge is 0.0617 e. The van der Waals surface area contributed by atoms with Gasteiger partial charge >= 0.3 is 0 Å². The van der Waals surface area contributed by atoms with Crippen LogP contribution in [0.2, 0.25) is 0 Å². The zero-order valence-electron chi connectivity index (χ0n) is 5.94. The second kappa shape index (κ2) is 2.22. The average molecular weight is 119 g/mol. The summed E-state index contributed by atoms with van der Waals surface area (Å²) in [6, 6.07) is 6.21. The Morgan fingerprint density at radius 2 is 1.56 bits per heavy atom. The lowest BCUT2D eigenvalue weighted by atomic mass is 10.1. The fourth-order valence-electron chi connectivity index (χ4n) is 0.849. The summed E-state index contributed by atoms with van der Waals surface area (Å²) < 4.78 is 0. The lowest BCUT2D eigenvalue weighted by molar-refractivity contribution is 1.33. The minimum absolute atomic E-state index is 1.16. The highest BCUT2D eigenvalue weighted by Crippen LogP contribution is 2.09. The minimum atomic E-state index is 1.16. The van der Waals surface area contributed by atoms with Crippen molar-refractivity contribution in [1.29, 1.82) is 0 Å². The third kappa shape index (κ3) is 1.13. The van der Waals surface area contributed by atoms with Crippen LogP contribution in [-0.4, -0.2) is 0 Å². The molecular weight excluding hydrogens is 108 g/mol. The molecule has 0 saturated carbocycles. The number of benzene rings is 1. The monoisotopic (exact) mass is 119 g/mol. The zero-order chi connectivity index (χ0) is 6.85. The maximum Gasteiger partial charge on any atom is -0.0233 e. The van der Waals surface area contributed by atoms with Crippen molar-refractivity contribution in [2.75, 3.05) is 0 Å². The van der Waals surface area contributed by atoms with Gasteiger partial charge in [0.2, 0.25) is 0 Å². The number of rotatable bonds is 0. The molecule has 1 aromatic carbocycles. The maximum absolute atomic E-state index is 3.92. The van der Waals surface area contributed by atoms with Gasteiger partial charge in [-0.3, -0.25) is 0 Å². The Kier molecular flexibility index (Phi) is 1.56. The fraction of sp³-hybridized carbons (Fsp3) is 0.222. The first kappa shape index (κ1) is 6.34. The van der Waals surface area contributed by atoms with Gasteiger partial charge in [-0.1, -0.05) is 18.2 Å². The van der Waals surface area contributed by atoms with Crippen molar-refractivity contribution in [3.05, 3.63) is 41.8 Å². The van der Waals surface area contributed by atoms with E-state index in [9.17, 15) is 0 Å². The number of hydrogen-bond acceptors (Lipinski definition) is 0. The molecule has 1 radical (unpaired) electrons. The second-order valence-corrected chi connectivity index (χ2v) is 2.37. The van der Waals surface area contributed by atoms with Gasteiger partial charge in [0, 0.05) is 0 Å². The highest BCUT2D eigenvalue weighted by Gasteiger charge is 1.92. The van der Waals surface area contributed by atoms with E-state index in [1.54, 1.807) is 0 Å². The summed E-state index contributed by atoms with van der Waals surface area (Å²) in [5.74, 6) is 0. The Labute approximate surface area is 56.5 Å². The maximum atomic E-state index is 3.92. The highest BCUT2D eigenvalue weighted by molar-refractivity contribution is 5.35. The van der Waals surface area contributed by atoms with Crippen LogP contribution in [0.25, 0.3) is 0 Å². The molecule has 0 nitrogen and oxygen atoms in total. The summed E-state index contributed by atoms with van der Waals surface area (Å²) in [4.78, 5) is 0. The SMILES string of the molecule is [CH2]c1c(C)cccc1C. The molecule has 0 bridgehead atoms. The summed E-state index contributed by atoms with van der Waals surface area (Å²) in [7, 11) is 0. The quantitative estimate of drug-likeness (QED) is 0.492. The smallest absolute Gasteiger partial charge is 0.0233 e. The molecule has 0 unspecified atom stereocenters. The molecule has 1 aromatic rings. The van der Waals surface area contributed by atoms with Crippen molar-refractivity contribution >= 4 is 0 Å². The molecule has 0 spiro atoms. The third-order valence-electron chi connectivity index (χ3n) is 1.64. The van der Waals surface area contributed by atoms with Crippen LogP contribution in [0.5, 0.6) is 0 Å². The van der Waals surface area contributed by atoms with E-state index in [1.807, 2.05) is 0 Å². The average Bonchev–Trinajstić information content (AvgIpc) is 1.83. The Bertz CT molecular complexity index is 191. The van der Waals surface area contributed by atoms with Crippen LogP contribution in [0.3, 0.4) is 0 Å². The van der Waals surface area contributed by atoms with E-state index >= 15 is 0 Å². The Morgan fingerprint density at radius 1 is 1.11 bits per heavy atom. The van der Waals surface area contributed by atoms with Crippen molar-refractivity contribution in [2.45, 2.75) is 13.8 Å². The van der Waals surface area contributed by atoms with E-state index in [0.717, 1.165) is 5.56 Å². The van der Waals surface area contributed by atoms with Crippen molar-refractivity contribution < 1.29 is 0 Å². The van der Waals surface area contributed by atoms with Crippen LogP contribution >= 0.6 is 0 Å². The molecule has 0 aliphatic heterocycles. The molecule has 1 rings (SSSR count). The van der Waals surface area contributed by atoms with Crippen molar-refractivity contribution in [3.8, 4) is 0 Å². The normalized spacial score (nSPS) is 9.67. The molecule has 0 heterocycles. The van der Waals surface area contributed by atoms with Crippen LogP contribution < -0.4 is 0 Å². The van der Waals surface area contributed by atoms with Gasteiger partial charge in [0.25, 0.3) is 0 Å². The molecule has 0 saturated heterocycles. The molecular formula is C9H11. The molecule has 0 fully saturated rings. The van der Waals surface area contributed by atoms with Gasteiger partial charge in [0.15, 0.2) is 0 Å². The summed E-state index contributed by atoms with van der Waals surface area (Å²) in [5, 5.41) is 0. The fourth-order valence-corrected chi connectivity index (χ4v) is 0.849. The van der Waals surface area contributed by atoms with E-state index < -0.39 is 0 Å². The van der Waals surface area contributed by atoms with Gasteiger partial charge in [-0.25, -0.2) is 0 Å². The van der Waals surface area contributed by atoms with Gasteiger partial charge in [-0.15, -0.1) is 0 Å². The summed E-state index contributed by atoms with van der Waals surface area (Å²) >= 11 is 0. The van der Waals surface area contributed by atoms with E-state index in [4.69, 9.17) is 0 Å². The Morgan fingerprint density at radius 3 is 1.89 bits per heavy atom. The summed E-state index contributed by atoms with van der Waals surface area (Å²) in [6.45, 7) is 8.08. The molecule has 0 atom stereocenters. The Balaban J connectivity index is 3.25. The van der Waals surface area contributed by atoms with Crippen molar-refractivity contribution in [1.82, 2.24) is 0 Å². The van der Waals surface area contributed by atoms with Crippen LogP contribution in [-0.2, 0) is 0 Å².